The van der Waals surface area contributed by atoms with E-state index in [2.05, 4.69) is 0 Å². The van der Waals surface area contributed by atoms with E-state index in [1.54, 1.807) is 12.1 Å². The van der Waals surface area contributed by atoms with Gasteiger partial charge in [-0.05, 0) is 47.9 Å². The van der Waals surface area contributed by atoms with Crippen molar-refractivity contribution in [3.63, 3.8) is 0 Å². The number of thiophene rings is 1. The largest absolute Gasteiger partial charge is 0.325 e. The lowest BCUT2D eigenvalue weighted by molar-refractivity contribution is -0.380. The third-order valence-corrected chi connectivity index (χ3v) is 7.16. The Hall–Kier alpha value is -1.84. The standard InChI is InChI=1S/C14H13FN2O4S2/c15-11-4-1-3-10(9-11)12-5-2-8-16(12)23(20,21)14-7-6-13(22-14)17(18)19/h1,3-4,6-7,9,12H,2,5,8H2. The Balaban J connectivity index is 1.96. The Kier molecular flexibility index (Phi) is 4.17. The third-order valence-electron chi connectivity index (χ3n) is 3.75. The molecular weight excluding hydrogens is 343 g/mol. The summed E-state index contributed by atoms with van der Waals surface area (Å²) < 4.78 is 40.2. The third kappa shape index (κ3) is 2.99. The summed E-state index contributed by atoms with van der Waals surface area (Å²) in [6, 6.07) is 7.86. The van der Waals surface area contributed by atoms with Crippen LogP contribution in [0.4, 0.5) is 9.39 Å². The maximum atomic E-state index is 13.4. The van der Waals surface area contributed by atoms with Crippen molar-refractivity contribution in [2.45, 2.75) is 23.1 Å². The second-order valence-electron chi connectivity index (χ2n) is 5.18. The Morgan fingerprint density at radius 2 is 2.09 bits per heavy atom. The predicted octanol–water partition coefficient (Wildman–Crippen LogP) is 3.32. The van der Waals surface area contributed by atoms with Gasteiger partial charge in [-0.3, -0.25) is 10.1 Å². The minimum absolute atomic E-state index is 0.0625. The van der Waals surface area contributed by atoms with Crippen molar-refractivity contribution in [1.82, 2.24) is 4.31 Å². The van der Waals surface area contributed by atoms with Crippen LogP contribution >= 0.6 is 11.3 Å². The molecule has 0 amide bonds. The van der Waals surface area contributed by atoms with Crippen molar-refractivity contribution in [3.8, 4) is 0 Å². The molecule has 2 heterocycles. The number of halogens is 1. The molecule has 2 aromatic rings. The fraction of sp³-hybridized carbons (Fsp3) is 0.286. The van der Waals surface area contributed by atoms with Gasteiger partial charge in [-0.2, -0.15) is 4.31 Å². The molecule has 0 bridgehead atoms. The first-order valence-electron chi connectivity index (χ1n) is 6.91. The molecule has 3 rings (SSSR count). The number of rotatable bonds is 4. The van der Waals surface area contributed by atoms with E-state index in [0.717, 1.165) is 0 Å². The van der Waals surface area contributed by atoms with E-state index in [9.17, 15) is 22.9 Å². The Morgan fingerprint density at radius 3 is 2.74 bits per heavy atom. The van der Waals surface area contributed by atoms with E-state index in [0.29, 0.717) is 36.3 Å². The molecule has 9 heteroatoms. The van der Waals surface area contributed by atoms with E-state index >= 15 is 0 Å². The quantitative estimate of drug-likeness (QED) is 0.622. The molecule has 1 aromatic heterocycles. The fourth-order valence-electron chi connectivity index (χ4n) is 2.74. The molecule has 1 atom stereocenters. The van der Waals surface area contributed by atoms with Crippen LogP contribution in [0.2, 0.25) is 0 Å². The van der Waals surface area contributed by atoms with Gasteiger partial charge in [0.25, 0.3) is 10.0 Å². The molecule has 0 N–H and O–H groups in total. The Labute approximate surface area is 136 Å². The zero-order valence-electron chi connectivity index (χ0n) is 11.9. The number of nitro groups is 1. The van der Waals surface area contributed by atoms with Gasteiger partial charge in [-0.15, -0.1) is 0 Å². The second-order valence-corrected chi connectivity index (χ2v) is 8.36. The molecule has 122 valence electrons. The molecule has 1 fully saturated rings. The lowest BCUT2D eigenvalue weighted by Crippen LogP contribution is -2.30. The summed E-state index contributed by atoms with van der Waals surface area (Å²) in [7, 11) is -3.84. The number of hydrogen-bond donors (Lipinski definition) is 0. The van der Waals surface area contributed by atoms with Crippen molar-refractivity contribution in [2.24, 2.45) is 0 Å². The van der Waals surface area contributed by atoms with E-state index in [1.165, 1.54) is 28.6 Å². The van der Waals surface area contributed by atoms with Crippen molar-refractivity contribution < 1.29 is 17.7 Å². The predicted molar refractivity (Wildman–Crippen MR) is 83.2 cm³/mol. The van der Waals surface area contributed by atoms with Gasteiger partial charge in [0.05, 0.1) is 11.0 Å². The van der Waals surface area contributed by atoms with Gasteiger partial charge in [-0.25, -0.2) is 12.8 Å². The molecule has 1 saturated heterocycles. The van der Waals surface area contributed by atoms with Gasteiger partial charge < -0.3 is 0 Å². The van der Waals surface area contributed by atoms with Crippen LogP contribution in [-0.2, 0) is 10.0 Å². The van der Waals surface area contributed by atoms with Gasteiger partial charge in [0.15, 0.2) is 0 Å². The van der Waals surface area contributed by atoms with Crippen molar-refractivity contribution in [3.05, 3.63) is 57.9 Å². The van der Waals surface area contributed by atoms with E-state index in [1.807, 2.05) is 0 Å². The normalized spacial score (nSPS) is 19.1. The molecule has 1 aromatic carbocycles. The smallest absolute Gasteiger partial charge is 0.258 e. The molecule has 0 spiro atoms. The summed E-state index contributed by atoms with van der Waals surface area (Å²) in [5, 5.41) is 10.5. The van der Waals surface area contributed by atoms with Crippen LogP contribution in [0, 0.1) is 15.9 Å². The van der Waals surface area contributed by atoms with E-state index in [4.69, 9.17) is 0 Å². The highest BCUT2D eigenvalue weighted by molar-refractivity contribution is 7.91. The lowest BCUT2D eigenvalue weighted by atomic mass is 10.1. The SMILES string of the molecule is O=[N+]([O-])c1ccc(S(=O)(=O)N2CCCC2c2cccc(F)c2)s1. The molecule has 0 saturated carbocycles. The highest BCUT2D eigenvalue weighted by Crippen LogP contribution is 2.39. The van der Waals surface area contributed by atoms with Gasteiger partial charge in [-0.1, -0.05) is 12.1 Å². The van der Waals surface area contributed by atoms with Crippen LogP contribution in [0.5, 0.6) is 0 Å². The molecule has 1 aliphatic rings. The maximum Gasteiger partial charge on any atom is 0.325 e. The van der Waals surface area contributed by atoms with Gasteiger partial charge in [0.1, 0.15) is 10.0 Å². The average molecular weight is 356 g/mol. The highest BCUT2D eigenvalue weighted by Gasteiger charge is 2.37. The van der Waals surface area contributed by atoms with Crippen LogP contribution in [-0.4, -0.2) is 24.2 Å². The summed E-state index contributed by atoms with van der Waals surface area (Å²) in [6.45, 7) is 0.315. The maximum absolute atomic E-state index is 13.4. The summed E-state index contributed by atoms with van der Waals surface area (Å²) in [6.07, 6.45) is 1.25. The fourth-order valence-corrected chi connectivity index (χ4v) is 5.66. The number of nitrogens with zero attached hydrogens (tertiary/aromatic N) is 2. The number of sulfonamides is 1. The highest BCUT2D eigenvalue weighted by atomic mass is 32.2. The molecule has 23 heavy (non-hydrogen) atoms. The van der Waals surface area contributed by atoms with Crippen molar-refractivity contribution in [2.75, 3.05) is 6.54 Å². The summed E-state index contributed by atoms with van der Waals surface area (Å²) >= 11 is 0.632. The Morgan fingerprint density at radius 1 is 1.30 bits per heavy atom. The zero-order chi connectivity index (χ0) is 16.6. The lowest BCUT2D eigenvalue weighted by Gasteiger charge is -2.23. The van der Waals surface area contributed by atoms with Crippen LogP contribution in [0.3, 0.4) is 0 Å². The van der Waals surface area contributed by atoms with Gasteiger partial charge in [0.2, 0.25) is 0 Å². The molecule has 1 aliphatic heterocycles. The first kappa shape index (κ1) is 16.0. The van der Waals surface area contributed by atoms with Crippen molar-refractivity contribution >= 4 is 26.4 Å². The first-order chi connectivity index (χ1) is 10.9. The minimum Gasteiger partial charge on any atom is -0.258 e. The Bertz CT molecular complexity index is 850. The number of benzene rings is 1. The summed E-state index contributed by atoms with van der Waals surface area (Å²) in [5.41, 5.74) is 0.595. The average Bonchev–Trinajstić information content (AvgIpc) is 3.17. The molecule has 0 aliphatic carbocycles. The van der Waals surface area contributed by atoms with E-state index in [-0.39, 0.29) is 9.21 Å². The molecule has 1 unspecified atom stereocenters. The minimum atomic E-state index is -3.84. The van der Waals surface area contributed by atoms with E-state index < -0.39 is 26.8 Å². The molecular formula is C14H13FN2O4S2. The molecule has 0 radical (unpaired) electrons. The summed E-state index contributed by atoms with van der Waals surface area (Å²) in [4.78, 5) is 10.1. The van der Waals surface area contributed by atoms with Crippen LogP contribution in [0.15, 0.2) is 40.6 Å². The van der Waals surface area contributed by atoms with Crippen molar-refractivity contribution in [1.29, 1.82) is 0 Å². The summed E-state index contributed by atoms with van der Waals surface area (Å²) in [5.74, 6) is -0.418. The topological polar surface area (TPSA) is 80.5 Å². The monoisotopic (exact) mass is 356 g/mol. The second kappa shape index (κ2) is 5.99. The number of hydrogen-bond acceptors (Lipinski definition) is 5. The van der Waals surface area contributed by atoms with Crippen LogP contribution in [0.25, 0.3) is 0 Å². The van der Waals surface area contributed by atoms with Gasteiger partial charge >= 0.3 is 5.00 Å². The molecule has 6 nitrogen and oxygen atoms in total. The zero-order valence-corrected chi connectivity index (χ0v) is 13.5. The van der Waals surface area contributed by atoms with Crippen LogP contribution in [0.1, 0.15) is 24.4 Å². The first-order valence-corrected chi connectivity index (χ1v) is 9.17. The van der Waals surface area contributed by atoms with Crippen LogP contribution < -0.4 is 0 Å². The van der Waals surface area contributed by atoms with Gasteiger partial charge in [0, 0.05) is 12.6 Å².